The van der Waals surface area contributed by atoms with E-state index in [0.29, 0.717) is 0 Å². The van der Waals surface area contributed by atoms with Gasteiger partial charge in [0.05, 0.1) is 6.61 Å². The molecule has 1 aliphatic heterocycles. The molecule has 8 nitrogen and oxygen atoms in total. The molecule has 0 aliphatic carbocycles. The number of rotatable bonds is 8. The highest BCUT2D eigenvalue weighted by Gasteiger charge is 2.45. The van der Waals surface area contributed by atoms with Gasteiger partial charge in [0.2, 0.25) is 0 Å². The maximum atomic E-state index is 12.1. The summed E-state index contributed by atoms with van der Waals surface area (Å²) < 4.78 is 23.6. The van der Waals surface area contributed by atoms with Gasteiger partial charge in [-0.05, 0) is 0 Å². The maximum Gasteiger partial charge on any atom is 0.300 e. The summed E-state index contributed by atoms with van der Waals surface area (Å²) in [5.41, 5.74) is 0. The molecule has 1 rings (SSSR count). The summed E-state index contributed by atoms with van der Waals surface area (Å²) in [6.07, 6.45) is -7.25. The molecule has 1 unspecified atom stereocenters. The van der Waals surface area contributed by atoms with Crippen molar-refractivity contribution >= 4 is 31.4 Å². The molecular weight excluding hydrogens is 348 g/mol. The summed E-state index contributed by atoms with van der Waals surface area (Å²) in [6, 6.07) is 0. The molecule has 4 N–H and O–H groups in total. The average Bonchev–Trinajstić information content (AvgIpc) is 2.47. The van der Waals surface area contributed by atoms with Gasteiger partial charge in [-0.1, -0.05) is 0 Å². The van der Waals surface area contributed by atoms with Crippen molar-refractivity contribution < 1.29 is 34.3 Å². The molecule has 6 atom stereocenters. The molecule has 0 aromatic carbocycles. The maximum absolute atomic E-state index is 12.1. The molecule has 0 bridgehead atoms. The zero-order valence-electron chi connectivity index (χ0n) is 11.1. The lowest BCUT2D eigenvalue weighted by Gasteiger charge is -2.39. The van der Waals surface area contributed by atoms with Crippen LogP contribution in [0.1, 0.15) is 0 Å². The van der Waals surface area contributed by atoms with E-state index in [1.165, 1.54) is 4.67 Å². The van der Waals surface area contributed by atoms with Crippen molar-refractivity contribution in [2.45, 2.75) is 30.7 Å². The van der Waals surface area contributed by atoms with Crippen LogP contribution in [0.3, 0.4) is 0 Å². The highest BCUT2D eigenvalue weighted by molar-refractivity contribution is 7.36. The van der Waals surface area contributed by atoms with Crippen molar-refractivity contribution in [1.82, 2.24) is 4.67 Å². The number of aliphatic hydroxyl groups excluding tert-OH is 4. The van der Waals surface area contributed by atoms with Crippen LogP contribution in [0.15, 0.2) is 0 Å². The molecule has 1 radical (unpaired) electrons. The lowest BCUT2D eigenvalue weighted by Crippen LogP contribution is -2.58. The van der Waals surface area contributed by atoms with Crippen molar-refractivity contribution in [3.8, 4) is 0 Å². The fourth-order valence-corrected chi connectivity index (χ4v) is 3.44. The number of aliphatic hydroxyl groups is 4. The second-order valence-electron chi connectivity index (χ2n) is 4.37. The molecule has 11 heteroatoms. The van der Waals surface area contributed by atoms with Crippen molar-refractivity contribution in [3.05, 3.63) is 0 Å². The first-order valence-corrected chi connectivity index (χ1v) is 8.47. The smallest absolute Gasteiger partial charge is 0.300 e. The molecule has 1 aliphatic rings. The zero-order chi connectivity index (χ0) is 16.0. The summed E-state index contributed by atoms with van der Waals surface area (Å²) in [7, 11) is -2.41. The van der Waals surface area contributed by atoms with Gasteiger partial charge in [0.25, 0.3) is 8.18 Å². The fraction of sp³-hybridized carbons (Fsp3) is 1.00. The van der Waals surface area contributed by atoms with Crippen LogP contribution < -0.4 is 0 Å². The summed E-state index contributed by atoms with van der Waals surface area (Å²) >= 11 is 11.2. The minimum absolute atomic E-state index is 0.204. The van der Waals surface area contributed by atoms with Crippen LogP contribution in [0.2, 0.25) is 0 Å². The standard InChI is InChI=1S/C10H19Cl2NO7P/c11-1-3-13(4-2-12)21(18)20-10-9(17)8(16)7(15)6(5-14)19-10/h6-10,14-17H,1-5H2/t6-,7-,8+,9+,10+/m1/s1. The SMILES string of the molecule is O=[P](O[C@@H]1O[C@H](CO)[C@@H](O)[C@H](O)[C@@H]1O)N(CCCl)CCCl. The first kappa shape index (κ1) is 19.4. The summed E-state index contributed by atoms with van der Waals surface area (Å²) in [5, 5.41) is 38.0. The Balaban J connectivity index is 2.68. The molecule has 21 heavy (non-hydrogen) atoms. The second-order valence-corrected chi connectivity index (χ2v) is 6.38. The van der Waals surface area contributed by atoms with Gasteiger partial charge in [0.1, 0.15) is 24.4 Å². The Kier molecular flexibility index (Phi) is 8.82. The van der Waals surface area contributed by atoms with Gasteiger partial charge < -0.3 is 25.2 Å². The Bertz CT molecular complexity index is 333. The van der Waals surface area contributed by atoms with E-state index >= 15 is 0 Å². The molecule has 125 valence electrons. The first-order chi connectivity index (χ1) is 9.96. The van der Waals surface area contributed by atoms with Crippen molar-refractivity contribution in [3.63, 3.8) is 0 Å². The van der Waals surface area contributed by atoms with Crippen LogP contribution in [0.4, 0.5) is 0 Å². The topological polar surface area (TPSA) is 120 Å². The van der Waals surface area contributed by atoms with E-state index in [2.05, 4.69) is 0 Å². The number of ether oxygens (including phenoxy) is 1. The van der Waals surface area contributed by atoms with E-state index in [4.69, 9.17) is 37.6 Å². The van der Waals surface area contributed by atoms with Crippen LogP contribution in [0, 0.1) is 0 Å². The lowest BCUT2D eigenvalue weighted by atomic mass is 10.00. The predicted octanol–water partition coefficient (Wildman–Crippen LogP) is -0.760. The molecule has 0 aromatic rings. The van der Waals surface area contributed by atoms with Crippen LogP contribution in [-0.2, 0) is 13.8 Å². The average molecular weight is 367 g/mol. The van der Waals surface area contributed by atoms with Crippen LogP contribution >= 0.6 is 31.4 Å². The normalized spacial score (nSPS) is 34.2. The molecule has 0 amide bonds. The number of alkyl halides is 2. The first-order valence-electron chi connectivity index (χ1n) is 6.27. The fourth-order valence-electron chi connectivity index (χ4n) is 1.78. The van der Waals surface area contributed by atoms with E-state index in [9.17, 15) is 19.9 Å². The van der Waals surface area contributed by atoms with Crippen LogP contribution in [0.25, 0.3) is 0 Å². The minimum atomic E-state index is -2.41. The van der Waals surface area contributed by atoms with Crippen molar-refractivity contribution in [2.24, 2.45) is 0 Å². The third kappa shape index (κ3) is 5.21. The monoisotopic (exact) mass is 366 g/mol. The molecule has 0 aromatic heterocycles. The highest BCUT2D eigenvalue weighted by atomic mass is 35.5. The van der Waals surface area contributed by atoms with E-state index in [-0.39, 0.29) is 24.8 Å². The van der Waals surface area contributed by atoms with E-state index in [1.807, 2.05) is 0 Å². The zero-order valence-corrected chi connectivity index (χ0v) is 13.5. The van der Waals surface area contributed by atoms with Gasteiger partial charge in [0.15, 0.2) is 6.29 Å². The molecule has 1 heterocycles. The van der Waals surface area contributed by atoms with E-state index < -0.39 is 45.5 Å². The lowest BCUT2D eigenvalue weighted by molar-refractivity contribution is -0.277. The Morgan fingerprint density at radius 3 is 2.14 bits per heavy atom. The Hall–Kier alpha value is 0.400. The third-order valence-electron chi connectivity index (χ3n) is 2.96. The molecule has 0 saturated carbocycles. The number of nitrogens with zero attached hydrogens (tertiary/aromatic N) is 1. The Morgan fingerprint density at radius 1 is 1.10 bits per heavy atom. The summed E-state index contributed by atoms with van der Waals surface area (Å²) in [6.45, 7) is -0.0868. The molecular formula is C10H19Cl2NO7P. The predicted molar refractivity (Wildman–Crippen MR) is 75.5 cm³/mol. The van der Waals surface area contributed by atoms with Gasteiger partial charge in [-0.3, -0.25) is 4.52 Å². The quantitative estimate of drug-likeness (QED) is 0.327. The molecule has 1 saturated heterocycles. The molecule has 1 fully saturated rings. The van der Waals surface area contributed by atoms with Gasteiger partial charge in [0, 0.05) is 24.8 Å². The minimum Gasteiger partial charge on any atom is -0.394 e. The summed E-state index contributed by atoms with van der Waals surface area (Å²) in [4.78, 5) is 0. The Morgan fingerprint density at radius 2 is 1.67 bits per heavy atom. The number of hydrogen-bond donors (Lipinski definition) is 4. The van der Waals surface area contributed by atoms with Crippen molar-refractivity contribution in [1.29, 1.82) is 0 Å². The van der Waals surface area contributed by atoms with Crippen LogP contribution in [0.5, 0.6) is 0 Å². The number of halogens is 2. The van der Waals surface area contributed by atoms with Gasteiger partial charge in [-0.25, -0.2) is 9.24 Å². The van der Waals surface area contributed by atoms with Crippen molar-refractivity contribution in [2.75, 3.05) is 31.5 Å². The van der Waals surface area contributed by atoms with Gasteiger partial charge in [-0.15, -0.1) is 23.2 Å². The third-order valence-corrected chi connectivity index (χ3v) is 4.55. The Labute approximate surface area is 133 Å². The summed E-state index contributed by atoms with van der Waals surface area (Å²) in [5.74, 6) is 0.409. The highest BCUT2D eigenvalue weighted by Crippen LogP contribution is 2.34. The van der Waals surface area contributed by atoms with E-state index in [1.54, 1.807) is 0 Å². The van der Waals surface area contributed by atoms with E-state index in [0.717, 1.165) is 0 Å². The van der Waals surface area contributed by atoms with Gasteiger partial charge in [-0.2, -0.15) is 0 Å². The van der Waals surface area contributed by atoms with Gasteiger partial charge >= 0.3 is 0 Å². The largest absolute Gasteiger partial charge is 0.394 e. The molecule has 0 spiro atoms. The van der Waals surface area contributed by atoms with Crippen LogP contribution in [-0.4, -0.2) is 87.3 Å². The number of hydrogen-bond acceptors (Lipinski definition) is 7. The second kappa shape index (κ2) is 9.52.